The fourth-order valence-corrected chi connectivity index (χ4v) is 3.24. The van der Waals surface area contributed by atoms with Gasteiger partial charge in [-0.1, -0.05) is 47.1 Å². The molecule has 3 rings (SSSR count). The van der Waals surface area contributed by atoms with Crippen molar-refractivity contribution in [3.05, 3.63) is 71.1 Å². The van der Waals surface area contributed by atoms with Gasteiger partial charge in [-0.3, -0.25) is 4.79 Å². The minimum absolute atomic E-state index is 0.0538. The first-order valence-corrected chi connectivity index (χ1v) is 10.6. The number of hydrogen-bond acceptors (Lipinski definition) is 5. The normalized spacial score (nSPS) is 11.0. The summed E-state index contributed by atoms with van der Waals surface area (Å²) < 4.78 is 5.27. The van der Waals surface area contributed by atoms with E-state index in [2.05, 4.69) is 51.7 Å². The fraction of sp³-hybridized carbons (Fsp3) is 0.348. The summed E-state index contributed by atoms with van der Waals surface area (Å²) in [5, 5.41) is 7.63. The predicted molar refractivity (Wildman–Crippen MR) is 118 cm³/mol. The lowest BCUT2D eigenvalue weighted by Gasteiger charge is -2.16. The molecule has 1 heterocycles. The molecular weight excluding hydrogens is 400 g/mol. The zero-order chi connectivity index (χ0) is 21.2. The van der Waals surface area contributed by atoms with Gasteiger partial charge in [0.25, 0.3) is 0 Å². The van der Waals surface area contributed by atoms with E-state index in [0.29, 0.717) is 42.5 Å². The average molecular weight is 427 g/mol. The fourth-order valence-electron chi connectivity index (χ4n) is 3.11. The summed E-state index contributed by atoms with van der Waals surface area (Å²) in [6.45, 7) is 2.53. The first-order valence-electron chi connectivity index (χ1n) is 10.2. The third kappa shape index (κ3) is 7.28. The number of amides is 1. The second-order valence-electron chi connectivity index (χ2n) is 7.30. The van der Waals surface area contributed by atoms with E-state index >= 15 is 0 Å². The number of aryl methyl sites for hydroxylation is 1. The molecule has 0 aliphatic heterocycles. The van der Waals surface area contributed by atoms with Gasteiger partial charge in [0.1, 0.15) is 0 Å². The van der Waals surface area contributed by atoms with Crippen LogP contribution in [0.25, 0.3) is 11.4 Å². The number of hydrogen-bond donors (Lipinski definition) is 1. The van der Waals surface area contributed by atoms with Crippen molar-refractivity contribution in [3.63, 3.8) is 0 Å². The van der Waals surface area contributed by atoms with Crippen molar-refractivity contribution < 1.29 is 9.32 Å². The van der Waals surface area contributed by atoms with Gasteiger partial charge in [-0.15, -0.1) is 0 Å². The molecule has 0 spiro atoms. The maximum Gasteiger partial charge on any atom is 0.226 e. The van der Waals surface area contributed by atoms with Gasteiger partial charge in [0.2, 0.25) is 17.6 Å². The third-order valence-electron chi connectivity index (χ3n) is 4.70. The Morgan fingerprint density at radius 1 is 1.10 bits per heavy atom. The van der Waals surface area contributed by atoms with Crippen molar-refractivity contribution >= 4 is 17.5 Å². The Hall–Kier alpha value is -2.70. The lowest BCUT2D eigenvalue weighted by molar-refractivity contribution is -0.121. The molecule has 3 aromatic rings. The van der Waals surface area contributed by atoms with Gasteiger partial charge in [0, 0.05) is 36.5 Å². The number of carbonyl (C=O) groups is 1. The third-order valence-corrected chi connectivity index (χ3v) is 4.95. The standard InChI is InChI=1S/C23H27ClN4O2/c1-28(17-18-7-3-2-4-8-18)16-6-15-25-21(29)9-5-10-22-26-23(27-30-22)19-11-13-20(24)14-12-19/h2-4,7-8,11-14H,5-6,9-10,15-17H2,1H3,(H,25,29). The van der Waals surface area contributed by atoms with Crippen molar-refractivity contribution in [3.8, 4) is 11.4 Å². The minimum atomic E-state index is 0.0538. The second kappa shape index (κ2) is 11.5. The zero-order valence-corrected chi connectivity index (χ0v) is 17.9. The van der Waals surface area contributed by atoms with Gasteiger partial charge in [-0.25, -0.2) is 0 Å². The summed E-state index contributed by atoms with van der Waals surface area (Å²) in [6, 6.07) is 17.7. The lowest BCUT2D eigenvalue weighted by atomic mass is 10.2. The molecule has 0 fully saturated rings. The van der Waals surface area contributed by atoms with Crippen LogP contribution in [0.3, 0.4) is 0 Å². The largest absolute Gasteiger partial charge is 0.356 e. The molecule has 0 aliphatic rings. The van der Waals surface area contributed by atoms with Crippen LogP contribution >= 0.6 is 11.6 Å². The second-order valence-corrected chi connectivity index (χ2v) is 7.74. The predicted octanol–water partition coefficient (Wildman–Crippen LogP) is 4.35. The summed E-state index contributed by atoms with van der Waals surface area (Å²) in [6.07, 6.45) is 2.61. The molecule has 1 amide bonds. The lowest BCUT2D eigenvalue weighted by Crippen LogP contribution is -2.28. The topological polar surface area (TPSA) is 71.3 Å². The molecule has 0 radical (unpaired) electrons. The molecule has 0 saturated carbocycles. The van der Waals surface area contributed by atoms with E-state index in [-0.39, 0.29) is 5.91 Å². The molecular formula is C23H27ClN4O2. The highest BCUT2D eigenvalue weighted by Gasteiger charge is 2.10. The monoisotopic (exact) mass is 426 g/mol. The van der Waals surface area contributed by atoms with Gasteiger partial charge < -0.3 is 14.7 Å². The number of halogens is 1. The van der Waals surface area contributed by atoms with Gasteiger partial charge in [0.05, 0.1) is 0 Å². The number of nitrogens with zero attached hydrogens (tertiary/aromatic N) is 3. The Labute approximate surface area is 182 Å². The van der Waals surface area contributed by atoms with Crippen LogP contribution in [0.15, 0.2) is 59.1 Å². The van der Waals surface area contributed by atoms with E-state index < -0.39 is 0 Å². The quantitative estimate of drug-likeness (QED) is 0.461. The summed E-state index contributed by atoms with van der Waals surface area (Å²) in [4.78, 5) is 18.7. The Bertz CT molecular complexity index is 912. The molecule has 7 heteroatoms. The Kier molecular flexibility index (Phi) is 8.41. The van der Waals surface area contributed by atoms with E-state index in [0.717, 1.165) is 25.1 Å². The van der Waals surface area contributed by atoms with Crippen LogP contribution in [0.4, 0.5) is 0 Å². The van der Waals surface area contributed by atoms with E-state index in [1.807, 2.05) is 18.2 Å². The SMILES string of the molecule is CN(CCCNC(=O)CCCc1nc(-c2ccc(Cl)cc2)no1)Cc1ccccc1. The van der Waals surface area contributed by atoms with E-state index in [4.69, 9.17) is 16.1 Å². The van der Waals surface area contributed by atoms with Crippen LogP contribution in [-0.4, -0.2) is 41.1 Å². The van der Waals surface area contributed by atoms with Gasteiger partial charge >= 0.3 is 0 Å². The highest BCUT2D eigenvalue weighted by Crippen LogP contribution is 2.19. The van der Waals surface area contributed by atoms with E-state index in [1.165, 1.54) is 5.56 Å². The van der Waals surface area contributed by atoms with Crippen LogP contribution in [0.1, 0.15) is 30.7 Å². The Morgan fingerprint density at radius 2 is 1.87 bits per heavy atom. The molecule has 1 aromatic heterocycles. The molecule has 2 aromatic carbocycles. The highest BCUT2D eigenvalue weighted by atomic mass is 35.5. The smallest absolute Gasteiger partial charge is 0.226 e. The first kappa shape index (κ1) is 22.0. The highest BCUT2D eigenvalue weighted by molar-refractivity contribution is 6.30. The zero-order valence-electron chi connectivity index (χ0n) is 17.2. The Morgan fingerprint density at radius 3 is 2.63 bits per heavy atom. The maximum atomic E-state index is 12.0. The van der Waals surface area contributed by atoms with Gasteiger partial charge in [-0.05, 0) is 56.3 Å². The van der Waals surface area contributed by atoms with E-state index in [9.17, 15) is 4.79 Å². The average Bonchev–Trinajstić information content (AvgIpc) is 3.21. The van der Waals surface area contributed by atoms with Crippen LogP contribution in [0.2, 0.25) is 5.02 Å². The summed E-state index contributed by atoms with van der Waals surface area (Å²) in [7, 11) is 2.09. The molecule has 0 saturated heterocycles. The van der Waals surface area contributed by atoms with Crippen LogP contribution in [0, 0.1) is 0 Å². The molecule has 1 N–H and O–H groups in total. The number of rotatable bonds is 11. The number of benzene rings is 2. The van der Waals surface area contributed by atoms with Gasteiger partial charge in [0.15, 0.2) is 0 Å². The van der Waals surface area contributed by atoms with E-state index in [1.54, 1.807) is 12.1 Å². The number of carbonyl (C=O) groups excluding carboxylic acids is 1. The van der Waals surface area contributed by atoms with Crippen molar-refractivity contribution in [1.82, 2.24) is 20.4 Å². The molecule has 0 bridgehead atoms. The molecule has 6 nitrogen and oxygen atoms in total. The molecule has 0 unspecified atom stereocenters. The Balaban J connectivity index is 1.28. The summed E-state index contributed by atoms with van der Waals surface area (Å²) >= 11 is 5.89. The first-order chi connectivity index (χ1) is 14.6. The van der Waals surface area contributed by atoms with Crippen LogP contribution in [0.5, 0.6) is 0 Å². The van der Waals surface area contributed by atoms with Gasteiger partial charge in [-0.2, -0.15) is 4.98 Å². The van der Waals surface area contributed by atoms with Crippen molar-refractivity contribution in [2.24, 2.45) is 0 Å². The maximum absolute atomic E-state index is 12.0. The van der Waals surface area contributed by atoms with Crippen LogP contribution < -0.4 is 5.32 Å². The van der Waals surface area contributed by atoms with Crippen molar-refractivity contribution in [2.45, 2.75) is 32.2 Å². The van der Waals surface area contributed by atoms with Crippen molar-refractivity contribution in [2.75, 3.05) is 20.1 Å². The van der Waals surface area contributed by atoms with Crippen LogP contribution in [-0.2, 0) is 17.8 Å². The summed E-state index contributed by atoms with van der Waals surface area (Å²) in [5.41, 5.74) is 2.15. The molecule has 0 atom stereocenters. The summed E-state index contributed by atoms with van der Waals surface area (Å²) in [5.74, 6) is 1.12. The minimum Gasteiger partial charge on any atom is -0.356 e. The number of aromatic nitrogens is 2. The number of nitrogens with one attached hydrogen (secondary N) is 1. The molecule has 0 aliphatic carbocycles. The van der Waals surface area contributed by atoms with Crippen molar-refractivity contribution in [1.29, 1.82) is 0 Å². The molecule has 30 heavy (non-hydrogen) atoms. The molecule has 158 valence electrons.